The van der Waals surface area contributed by atoms with Crippen molar-refractivity contribution in [3.63, 3.8) is 0 Å². The van der Waals surface area contributed by atoms with Crippen LogP contribution in [0.3, 0.4) is 0 Å². The maximum absolute atomic E-state index is 13.4. The summed E-state index contributed by atoms with van der Waals surface area (Å²) in [5.74, 6) is -0.247. The fourth-order valence-corrected chi connectivity index (χ4v) is 3.40. The third kappa shape index (κ3) is 3.33. The van der Waals surface area contributed by atoms with Crippen LogP contribution in [0.25, 0.3) is 11.0 Å². The lowest BCUT2D eigenvalue weighted by atomic mass is 9.98. The van der Waals surface area contributed by atoms with E-state index in [0.29, 0.717) is 6.42 Å². The van der Waals surface area contributed by atoms with Crippen LogP contribution in [0, 0.1) is 11.9 Å². The van der Waals surface area contributed by atoms with Crippen molar-refractivity contribution < 1.29 is 4.39 Å². The van der Waals surface area contributed by atoms with Gasteiger partial charge in [-0.3, -0.25) is 0 Å². The van der Waals surface area contributed by atoms with Gasteiger partial charge in [0.25, 0.3) is 0 Å². The summed E-state index contributed by atoms with van der Waals surface area (Å²) in [7, 11) is 0. The van der Waals surface area contributed by atoms with Crippen LogP contribution in [0.1, 0.15) is 17.2 Å². The van der Waals surface area contributed by atoms with Gasteiger partial charge in [0.2, 0.25) is 0 Å². The van der Waals surface area contributed by atoms with E-state index in [1.165, 1.54) is 12.1 Å². The second-order valence-electron chi connectivity index (χ2n) is 5.84. The van der Waals surface area contributed by atoms with Crippen LogP contribution in [0.4, 0.5) is 4.39 Å². The molecule has 1 radical (unpaired) electrons. The summed E-state index contributed by atoms with van der Waals surface area (Å²) < 4.78 is 16.2. The first-order valence-corrected chi connectivity index (χ1v) is 8.71. The van der Waals surface area contributed by atoms with Gasteiger partial charge in [0.05, 0.1) is 11.6 Å². The van der Waals surface area contributed by atoms with E-state index in [9.17, 15) is 4.39 Å². The Morgan fingerprint density at radius 1 is 1.08 bits per heavy atom. The number of hydrogen-bond donors (Lipinski definition) is 0. The smallest absolute Gasteiger partial charge is 0.123 e. The monoisotopic (exact) mass is 394 g/mol. The largest absolute Gasteiger partial charge is 0.237 e. The summed E-state index contributed by atoms with van der Waals surface area (Å²) in [6.07, 6.45) is 0.715. The van der Waals surface area contributed by atoms with E-state index in [1.54, 1.807) is 12.1 Å². The van der Waals surface area contributed by atoms with Crippen molar-refractivity contribution in [3.05, 3.63) is 94.2 Å². The summed E-state index contributed by atoms with van der Waals surface area (Å²) in [5, 5.41) is 8.63. The molecule has 0 amide bonds. The fourth-order valence-electron chi connectivity index (χ4n) is 2.98. The molecule has 1 atom stereocenters. The Hall–Kier alpha value is -2.53. The predicted octanol–water partition coefficient (Wildman–Crippen LogP) is 4.97. The molecular weight excluding hydrogens is 381 g/mol. The first-order valence-electron chi connectivity index (χ1n) is 7.92. The van der Waals surface area contributed by atoms with Gasteiger partial charge in [-0.25, -0.2) is 9.07 Å². The van der Waals surface area contributed by atoms with Gasteiger partial charge in [0.15, 0.2) is 0 Å². The molecule has 1 heterocycles. The first-order chi connectivity index (χ1) is 12.2. The molecule has 0 fully saturated rings. The van der Waals surface area contributed by atoms with Crippen LogP contribution >= 0.6 is 15.9 Å². The van der Waals surface area contributed by atoms with E-state index in [1.807, 2.05) is 47.1 Å². The standard InChI is InChI=1S/C20H14BrFN3/c21-16-5-3-4-14(12-16)13-20(15-8-10-17(22)11-9-15)25-19-7-2-1-6-18(19)23-24-25/h1-4,6-12,20H,13H2. The third-order valence-electron chi connectivity index (χ3n) is 4.19. The van der Waals surface area contributed by atoms with Crippen molar-refractivity contribution in [2.75, 3.05) is 0 Å². The molecular formula is C20H14BrFN3. The lowest BCUT2D eigenvalue weighted by Crippen LogP contribution is -2.15. The molecule has 4 aromatic rings. The van der Waals surface area contributed by atoms with Gasteiger partial charge >= 0.3 is 0 Å². The molecule has 3 nitrogen and oxygen atoms in total. The van der Waals surface area contributed by atoms with Crippen molar-refractivity contribution in [2.45, 2.75) is 12.5 Å². The highest BCUT2D eigenvalue weighted by atomic mass is 79.9. The van der Waals surface area contributed by atoms with Gasteiger partial charge < -0.3 is 0 Å². The van der Waals surface area contributed by atoms with Gasteiger partial charge in [0.1, 0.15) is 11.3 Å². The van der Waals surface area contributed by atoms with Crippen LogP contribution in [0.15, 0.2) is 71.2 Å². The Bertz CT molecular complexity index is 1010. The van der Waals surface area contributed by atoms with Crippen molar-refractivity contribution in [1.82, 2.24) is 15.0 Å². The topological polar surface area (TPSA) is 30.7 Å². The van der Waals surface area contributed by atoms with E-state index in [-0.39, 0.29) is 11.9 Å². The molecule has 1 unspecified atom stereocenters. The number of nitrogens with zero attached hydrogens (tertiary/aromatic N) is 3. The highest BCUT2D eigenvalue weighted by Crippen LogP contribution is 2.27. The average molecular weight is 395 g/mol. The van der Waals surface area contributed by atoms with Crippen LogP contribution in [-0.2, 0) is 6.42 Å². The Balaban J connectivity index is 1.82. The van der Waals surface area contributed by atoms with Crippen molar-refractivity contribution in [1.29, 1.82) is 0 Å². The summed E-state index contributed by atoms with van der Waals surface area (Å²) in [5.41, 5.74) is 3.93. The number of aromatic nitrogens is 3. The molecule has 4 rings (SSSR count). The van der Waals surface area contributed by atoms with Gasteiger partial charge in [0, 0.05) is 4.47 Å². The fraction of sp³-hybridized carbons (Fsp3) is 0.100. The number of para-hydroxylation sites is 1. The zero-order valence-corrected chi connectivity index (χ0v) is 14.8. The number of rotatable bonds is 4. The average Bonchev–Trinajstić information content (AvgIpc) is 3.05. The second kappa shape index (κ2) is 6.76. The van der Waals surface area contributed by atoms with Crippen molar-refractivity contribution >= 4 is 27.0 Å². The maximum atomic E-state index is 13.4. The predicted molar refractivity (Wildman–Crippen MR) is 98.7 cm³/mol. The number of benzene rings is 3. The molecule has 25 heavy (non-hydrogen) atoms. The Morgan fingerprint density at radius 3 is 2.68 bits per heavy atom. The Kier molecular flexibility index (Phi) is 4.32. The van der Waals surface area contributed by atoms with Gasteiger partial charge in [-0.05, 0) is 53.9 Å². The highest BCUT2D eigenvalue weighted by Gasteiger charge is 2.19. The van der Waals surface area contributed by atoms with E-state index in [4.69, 9.17) is 0 Å². The minimum atomic E-state index is -0.247. The SMILES string of the molecule is Fc1ccc(C(Cc2cc[c]c(Br)c2)n2nnc3ccccc32)cc1. The molecule has 0 aliphatic rings. The molecule has 0 N–H and O–H groups in total. The van der Waals surface area contributed by atoms with E-state index < -0.39 is 0 Å². The van der Waals surface area contributed by atoms with Crippen LogP contribution in [0.5, 0.6) is 0 Å². The number of fused-ring (bicyclic) bond motifs is 1. The van der Waals surface area contributed by atoms with E-state index in [2.05, 4.69) is 32.3 Å². The Morgan fingerprint density at radius 2 is 1.88 bits per heavy atom. The third-order valence-corrected chi connectivity index (χ3v) is 4.65. The first kappa shape index (κ1) is 16.0. The number of hydrogen-bond acceptors (Lipinski definition) is 2. The summed E-state index contributed by atoms with van der Waals surface area (Å²) in [6.45, 7) is 0. The maximum Gasteiger partial charge on any atom is 0.123 e. The molecule has 3 aromatic carbocycles. The Labute approximate surface area is 153 Å². The second-order valence-corrected chi connectivity index (χ2v) is 6.69. The van der Waals surface area contributed by atoms with Gasteiger partial charge in [-0.2, -0.15) is 0 Å². The van der Waals surface area contributed by atoms with E-state index >= 15 is 0 Å². The number of halogens is 2. The summed E-state index contributed by atoms with van der Waals surface area (Å²) in [4.78, 5) is 0. The highest BCUT2D eigenvalue weighted by molar-refractivity contribution is 9.10. The zero-order chi connectivity index (χ0) is 17.2. The normalized spacial score (nSPS) is 12.4. The van der Waals surface area contributed by atoms with Gasteiger partial charge in [-0.1, -0.05) is 57.5 Å². The minimum absolute atomic E-state index is 0.0812. The van der Waals surface area contributed by atoms with Crippen molar-refractivity contribution in [2.24, 2.45) is 0 Å². The molecule has 0 saturated carbocycles. The molecule has 0 spiro atoms. The lowest BCUT2D eigenvalue weighted by Gasteiger charge is -2.19. The molecule has 0 saturated heterocycles. The van der Waals surface area contributed by atoms with E-state index in [0.717, 1.165) is 26.6 Å². The summed E-state index contributed by atoms with van der Waals surface area (Å²) >= 11 is 3.47. The molecule has 0 aliphatic heterocycles. The molecule has 0 aliphatic carbocycles. The van der Waals surface area contributed by atoms with Crippen LogP contribution in [0.2, 0.25) is 0 Å². The molecule has 0 bridgehead atoms. The van der Waals surface area contributed by atoms with Crippen molar-refractivity contribution in [3.8, 4) is 0 Å². The van der Waals surface area contributed by atoms with Gasteiger partial charge in [-0.15, -0.1) is 5.10 Å². The molecule has 1 aromatic heterocycles. The summed E-state index contributed by atoms with van der Waals surface area (Å²) in [6, 6.07) is 23.4. The van der Waals surface area contributed by atoms with Crippen LogP contribution < -0.4 is 0 Å². The minimum Gasteiger partial charge on any atom is -0.237 e. The molecule has 5 heteroatoms. The van der Waals surface area contributed by atoms with Crippen LogP contribution in [-0.4, -0.2) is 15.0 Å². The quantitative estimate of drug-likeness (QED) is 0.489. The zero-order valence-electron chi connectivity index (χ0n) is 13.2. The lowest BCUT2D eigenvalue weighted by molar-refractivity contribution is 0.517. The molecule has 123 valence electrons.